The minimum atomic E-state index is 0.261. The van der Waals surface area contributed by atoms with E-state index in [0.717, 1.165) is 37.4 Å². The number of anilines is 1. The highest BCUT2D eigenvalue weighted by atomic mass is 16.3. The molecule has 122 valence electrons. The Hall–Kier alpha value is -1.91. The molecule has 3 rings (SSSR count). The Morgan fingerprint density at radius 3 is 2.87 bits per heavy atom. The van der Waals surface area contributed by atoms with Crippen molar-refractivity contribution in [1.82, 2.24) is 9.88 Å². The van der Waals surface area contributed by atoms with Gasteiger partial charge < -0.3 is 10.4 Å². The molecule has 0 amide bonds. The Bertz CT molecular complexity index is 644. The van der Waals surface area contributed by atoms with Crippen molar-refractivity contribution in [3.63, 3.8) is 0 Å². The highest BCUT2D eigenvalue weighted by Crippen LogP contribution is 2.22. The van der Waals surface area contributed by atoms with Crippen molar-refractivity contribution >= 4 is 5.69 Å². The monoisotopic (exact) mass is 311 g/mol. The van der Waals surface area contributed by atoms with Crippen LogP contribution in [0.2, 0.25) is 0 Å². The van der Waals surface area contributed by atoms with Crippen molar-refractivity contribution in [3.8, 4) is 0 Å². The molecule has 1 atom stereocenters. The lowest BCUT2D eigenvalue weighted by atomic mass is 10.1. The summed E-state index contributed by atoms with van der Waals surface area (Å²) in [5.41, 5.74) is 4.77. The molecule has 2 N–H and O–H groups in total. The van der Waals surface area contributed by atoms with E-state index in [-0.39, 0.29) is 6.61 Å². The van der Waals surface area contributed by atoms with Crippen molar-refractivity contribution < 1.29 is 5.11 Å². The SMILES string of the molecule is Cc1cc(NCc2ccccc2CN2CCCC2CO)ccn1. The van der Waals surface area contributed by atoms with E-state index in [1.165, 1.54) is 17.5 Å². The van der Waals surface area contributed by atoms with Gasteiger partial charge in [0.25, 0.3) is 0 Å². The molecule has 0 aliphatic carbocycles. The van der Waals surface area contributed by atoms with Crippen LogP contribution >= 0.6 is 0 Å². The Kier molecular flexibility index (Phi) is 5.26. The number of pyridine rings is 1. The Morgan fingerprint density at radius 1 is 1.26 bits per heavy atom. The molecule has 0 bridgehead atoms. The number of nitrogens with zero attached hydrogens (tertiary/aromatic N) is 2. The number of aromatic nitrogens is 1. The molecule has 1 aliphatic heterocycles. The average Bonchev–Trinajstić information content (AvgIpc) is 3.01. The predicted molar refractivity (Wildman–Crippen MR) is 93.3 cm³/mol. The minimum absolute atomic E-state index is 0.261. The van der Waals surface area contributed by atoms with Crippen LogP contribution < -0.4 is 5.32 Å². The molecule has 0 radical (unpaired) electrons. The fourth-order valence-electron chi connectivity index (χ4n) is 3.27. The molecule has 0 spiro atoms. The first-order valence-corrected chi connectivity index (χ1v) is 8.34. The first kappa shape index (κ1) is 16.0. The Labute approximate surface area is 138 Å². The van der Waals surface area contributed by atoms with E-state index >= 15 is 0 Å². The smallest absolute Gasteiger partial charge is 0.0587 e. The Morgan fingerprint density at radius 2 is 2.09 bits per heavy atom. The number of rotatable bonds is 6. The number of likely N-dealkylation sites (tertiary alicyclic amines) is 1. The highest BCUT2D eigenvalue weighted by Gasteiger charge is 2.24. The van der Waals surface area contributed by atoms with Crippen LogP contribution in [0.1, 0.15) is 29.7 Å². The maximum absolute atomic E-state index is 9.50. The van der Waals surface area contributed by atoms with Gasteiger partial charge in [-0.15, -0.1) is 0 Å². The largest absolute Gasteiger partial charge is 0.395 e. The lowest BCUT2D eigenvalue weighted by Crippen LogP contribution is -2.32. The molecule has 1 saturated heterocycles. The average molecular weight is 311 g/mol. The number of benzene rings is 1. The number of nitrogens with one attached hydrogen (secondary N) is 1. The van der Waals surface area contributed by atoms with E-state index < -0.39 is 0 Å². The summed E-state index contributed by atoms with van der Waals surface area (Å²) < 4.78 is 0. The highest BCUT2D eigenvalue weighted by molar-refractivity contribution is 5.44. The minimum Gasteiger partial charge on any atom is -0.395 e. The van der Waals surface area contributed by atoms with Gasteiger partial charge in [0.15, 0.2) is 0 Å². The fourth-order valence-corrected chi connectivity index (χ4v) is 3.27. The normalized spacial score (nSPS) is 18.3. The summed E-state index contributed by atoms with van der Waals surface area (Å²) in [5.74, 6) is 0. The van der Waals surface area contributed by atoms with E-state index in [2.05, 4.69) is 45.5 Å². The molecule has 1 unspecified atom stereocenters. The fraction of sp³-hybridized carbons (Fsp3) is 0.421. The lowest BCUT2D eigenvalue weighted by molar-refractivity contribution is 0.153. The second-order valence-corrected chi connectivity index (χ2v) is 6.26. The summed E-state index contributed by atoms with van der Waals surface area (Å²) in [7, 11) is 0. The molecular formula is C19H25N3O. The first-order valence-electron chi connectivity index (χ1n) is 8.34. The van der Waals surface area contributed by atoms with Gasteiger partial charge in [0.2, 0.25) is 0 Å². The number of aliphatic hydroxyl groups excluding tert-OH is 1. The molecular weight excluding hydrogens is 286 g/mol. The van der Waals surface area contributed by atoms with Crippen molar-refractivity contribution in [3.05, 3.63) is 59.4 Å². The van der Waals surface area contributed by atoms with E-state index in [1.54, 1.807) is 0 Å². The molecule has 4 heteroatoms. The topological polar surface area (TPSA) is 48.4 Å². The van der Waals surface area contributed by atoms with Crippen LogP contribution in [0.5, 0.6) is 0 Å². The zero-order valence-corrected chi connectivity index (χ0v) is 13.7. The molecule has 1 aliphatic rings. The molecule has 1 aromatic heterocycles. The van der Waals surface area contributed by atoms with Gasteiger partial charge in [0, 0.05) is 36.7 Å². The van der Waals surface area contributed by atoms with Crippen molar-refractivity contribution in [2.75, 3.05) is 18.5 Å². The van der Waals surface area contributed by atoms with Crippen LogP contribution in [-0.4, -0.2) is 34.2 Å². The summed E-state index contributed by atoms with van der Waals surface area (Å²) in [6, 6.07) is 12.9. The van der Waals surface area contributed by atoms with Crippen molar-refractivity contribution in [1.29, 1.82) is 0 Å². The van der Waals surface area contributed by atoms with Gasteiger partial charge >= 0.3 is 0 Å². The summed E-state index contributed by atoms with van der Waals surface area (Å²) in [5, 5.41) is 13.0. The molecule has 1 aromatic carbocycles. The van der Waals surface area contributed by atoms with Crippen LogP contribution in [0.3, 0.4) is 0 Å². The van der Waals surface area contributed by atoms with E-state index in [1.807, 2.05) is 19.2 Å². The van der Waals surface area contributed by atoms with Gasteiger partial charge in [0.1, 0.15) is 0 Å². The van der Waals surface area contributed by atoms with Gasteiger partial charge in [-0.2, -0.15) is 0 Å². The first-order chi connectivity index (χ1) is 11.3. The van der Waals surface area contributed by atoms with Crippen LogP contribution in [0.25, 0.3) is 0 Å². The molecule has 1 fully saturated rings. The Balaban J connectivity index is 1.68. The van der Waals surface area contributed by atoms with Crippen LogP contribution in [-0.2, 0) is 13.1 Å². The van der Waals surface area contributed by atoms with Crippen LogP contribution in [0.4, 0.5) is 5.69 Å². The van der Waals surface area contributed by atoms with Crippen LogP contribution in [0, 0.1) is 6.92 Å². The zero-order chi connectivity index (χ0) is 16.1. The third kappa shape index (κ3) is 4.09. The molecule has 23 heavy (non-hydrogen) atoms. The van der Waals surface area contributed by atoms with Gasteiger partial charge in [-0.25, -0.2) is 0 Å². The van der Waals surface area contributed by atoms with E-state index in [9.17, 15) is 5.11 Å². The van der Waals surface area contributed by atoms with E-state index in [0.29, 0.717) is 6.04 Å². The number of aryl methyl sites for hydroxylation is 1. The lowest BCUT2D eigenvalue weighted by Gasteiger charge is -2.24. The van der Waals surface area contributed by atoms with Gasteiger partial charge in [-0.3, -0.25) is 9.88 Å². The third-order valence-electron chi connectivity index (χ3n) is 4.58. The summed E-state index contributed by atoms with van der Waals surface area (Å²) in [4.78, 5) is 6.63. The molecule has 2 heterocycles. The predicted octanol–water partition coefficient (Wildman–Crippen LogP) is 2.96. The second kappa shape index (κ2) is 7.57. The summed E-state index contributed by atoms with van der Waals surface area (Å²) in [6.07, 6.45) is 4.12. The standard InChI is InChI=1S/C19H25N3O/c1-15-11-18(8-9-20-15)21-12-16-5-2-3-6-17(16)13-22-10-4-7-19(22)14-23/h2-3,5-6,8-9,11,19,23H,4,7,10,12-14H2,1H3,(H,20,21). The second-order valence-electron chi connectivity index (χ2n) is 6.26. The third-order valence-corrected chi connectivity index (χ3v) is 4.58. The van der Waals surface area contributed by atoms with Gasteiger partial charge in [-0.1, -0.05) is 24.3 Å². The number of aliphatic hydroxyl groups is 1. The van der Waals surface area contributed by atoms with Gasteiger partial charge in [-0.05, 0) is 49.6 Å². The van der Waals surface area contributed by atoms with Crippen LogP contribution in [0.15, 0.2) is 42.6 Å². The van der Waals surface area contributed by atoms with Crippen molar-refractivity contribution in [2.24, 2.45) is 0 Å². The molecule has 4 nitrogen and oxygen atoms in total. The summed E-state index contributed by atoms with van der Waals surface area (Å²) in [6.45, 7) is 5.06. The number of hydrogen-bond acceptors (Lipinski definition) is 4. The quantitative estimate of drug-likeness (QED) is 0.861. The molecule has 2 aromatic rings. The van der Waals surface area contributed by atoms with E-state index in [4.69, 9.17) is 0 Å². The maximum atomic E-state index is 9.50. The summed E-state index contributed by atoms with van der Waals surface area (Å²) >= 11 is 0. The van der Waals surface area contributed by atoms with Crippen molar-refractivity contribution in [2.45, 2.75) is 38.9 Å². The maximum Gasteiger partial charge on any atom is 0.0587 e. The number of hydrogen-bond donors (Lipinski definition) is 2. The zero-order valence-electron chi connectivity index (χ0n) is 13.7. The molecule has 0 saturated carbocycles. The van der Waals surface area contributed by atoms with Gasteiger partial charge in [0.05, 0.1) is 6.61 Å².